The average Bonchev–Trinajstić information content (AvgIpc) is 3.28. The number of nitrogens with two attached hydrogens (primary N) is 1. The van der Waals surface area contributed by atoms with E-state index in [1.165, 1.54) is 0 Å². The van der Waals surface area contributed by atoms with Gasteiger partial charge in [0, 0.05) is 0 Å². The van der Waals surface area contributed by atoms with Crippen LogP contribution in [0.4, 0.5) is 0 Å². The third kappa shape index (κ3) is 2.39. The summed E-state index contributed by atoms with van der Waals surface area (Å²) in [5, 5.41) is 7.69. The second kappa shape index (κ2) is 5.00. The van der Waals surface area contributed by atoms with E-state index in [9.17, 15) is 0 Å². The van der Waals surface area contributed by atoms with Gasteiger partial charge in [0.1, 0.15) is 18.2 Å². The largest absolute Gasteiger partial charge is 0.489 e. The number of benzene rings is 2. The first-order valence-corrected chi connectivity index (χ1v) is 6.82. The van der Waals surface area contributed by atoms with E-state index in [-0.39, 0.29) is 11.3 Å². The molecule has 2 aromatic rings. The molecule has 1 aliphatic rings. The fourth-order valence-corrected chi connectivity index (χ4v) is 2.45. The number of hydrogen-bond donors (Lipinski definition) is 2. The number of hydrogen-bond acceptors (Lipinski definition) is 2. The highest BCUT2D eigenvalue weighted by Gasteiger charge is 2.47. The summed E-state index contributed by atoms with van der Waals surface area (Å²) in [6.45, 7) is 0.567. The van der Waals surface area contributed by atoms with Gasteiger partial charge in [0.2, 0.25) is 0 Å². The number of nitrogens with one attached hydrogen (secondary N) is 1. The molecule has 0 unspecified atom stereocenters. The van der Waals surface area contributed by atoms with E-state index in [4.69, 9.17) is 15.9 Å². The summed E-state index contributed by atoms with van der Waals surface area (Å²) >= 11 is 0. The van der Waals surface area contributed by atoms with Crippen LogP contribution in [0.1, 0.15) is 24.0 Å². The summed E-state index contributed by atoms with van der Waals surface area (Å²) in [4.78, 5) is 0. The standard InChI is InChI=1S/C17H18N2O/c18-16(19)17(10-11-17)14-6-8-15(9-7-14)20-12-13-4-2-1-3-5-13/h1-9H,10-12H2,(H3,18,19). The molecule has 0 saturated heterocycles. The van der Waals surface area contributed by atoms with Crippen LogP contribution in [0.2, 0.25) is 0 Å². The van der Waals surface area contributed by atoms with Crippen LogP contribution in [-0.2, 0) is 12.0 Å². The molecule has 3 rings (SSSR count). The first-order chi connectivity index (χ1) is 9.71. The van der Waals surface area contributed by atoms with Crippen molar-refractivity contribution < 1.29 is 4.74 Å². The van der Waals surface area contributed by atoms with Crippen molar-refractivity contribution in [2.24, 2.45) is 5.73 Å². The van der Waals surface area contributed by atoms with Crippen molar-refractivity contribution in [3.05, 3.63) is 65.7 Å². The quantitative estimate of drug-likeness (QED) is 0.644. The van der Waals surface area contributed by atoms with Crippen molar-refractivity contribution in [1.29, 1.82) is 5.41 Å². The van der Waals surface area contributed by atoms with Gasteiger partial charge in [-0.25, -0.2) is 0 Å². The summed E-state index contributed by atoms with van der Waals surface area (Å²) in [6, 6.07) is 18.1. The lowest BCUT2D eigenvalue weighted by atomic mass is 9.95. The van der Waals surface area contributed by atoms with Gasteiger partial charge in [-0.3, -0.25) is 5.41 Å². The van der Waals surface area contributed by atoms with Crippen LogP contribution >= 0.6 is 0 Å². The minimum atomic E-state index is -0.196. The lowest BCUT2D eigenvalue weighted by Crippen LogP contribution is -2.27. The first kappa shape index (κ1) is 12.7. The lowest BCUT2D eigenvalue weighted by molar-refractivity contribution is 0.306. The van der Waals surface area contributed by atoms with E-state index in [0.717, 1.165) is 29.7 Å². The second-order valence-corrected chi connectivity index (χ2v) is 5.29. The van der Waals surface area contributed by atoms with Crippen molar-refractivity contribution in [3.63, 3.8) is 0 Å². The Morgan fingerprint density at radius 3 is 2.25 bits per heavy atom. The molecule has 1 fully saturated rings. The maximum atomic E-state index is 7.69. The van der Waals surface area contributed by atoms with Gasteiger partial charge in [0.25, 0.3) is 0 Å². The Morgan fingerprint density at radius 2 is 1.70 bits per heavy atom. The Labute approximate surface area is 118 Å². The highest BCUT2D eigenvalue weighted by molar-refractivity contribution is 5.92. The molecule has 1 aliphatic carbocycles. The minimum Gasteiger partial charge on any atom is -0.489 e. The van der Waals surface area contributed by atoms with E-state index < -0.39 is 0 Å². The lowest BCUT2D eigenvalue weighted by Gasteiger charge is -2.14. The highest BCUT2D eigenvalue weighted by atomic mass is 16.5. The van der Waals surface area contributed by atoms with E-state index >= 15 is 0 Å². The molecule has 0 bridgehead atoms. The van der Waals surface area contributed by atoms with Gasteiger partial charge < -0.3 is 10.5 Å². The van der Waals surface area contributed by atoms with E-state index in [0.29, 0.717) is 6.61 Å². The molecule has 0 spiro atoms. The molecule has 3 heteroatoms. The molecule has 3 nitrogen and oxygen atoms in total. The zero-order chi connectivity index (χ0) is 14.0. The summed E-state index contributed by atoms with van der Waals surface area (Å²) < 4.78 is 5.76. The van der Waals surface area contributed by atoms with E-state index in [1.54, 1.807) is 0 Å². The van der Waals surface area contributed by atoms with Crippen molar-refractivity contribution in [3.8, 4) is 5.75 Å². The van der Waals surface area contributed by atoms with Crippen molar-refractivity contribution in [2.45, 2.75) is 24.9 Å². The summed E-state index contributed by atoms with van der Waals surface area (Å²) in [5.74, 6) is 1.12. The fraction of sp³-hybridized carbons (Fsp3) is 0.235. The molecule has 2 aromatic carbocycles. The molecule has 1 saturated carbocycles. The molecule has 0 amide bonds. The Balaban J connectivity index is 1.67. The number of rotatable bonds is 5. The number of amidine groups is 1. The molecule has 0 heterocycles. The van der Waals surface area contributed by atoms with Crippen molar-refractivity contribution >= 4 is 5.84 Å². The van der Waals surface area contributed by atoms with Gasteiger partial charge in [-0.15, -0.1) is 0 Å². The van der Waals surface area contributed by atoms with Crippen molar-refractivity contribution in [1.82, 2.24) is 0 Å². The monoisotopic (exact) mass is 266 g/mol. The Bertz CT molecular complexity index is 601. The van der Waals surface area contributed by atoms with Gasteiger partial charge in [0.05, 0.1) is 5.41 Å². The summed E-state index contributed by atoms with van der Waals surface area (Å²) in [5.41, 5.74) is 7.77. The van der Waals surface area contributed by atoms with Gasteiger partial charge in [-0.05, 0) is 36.1 Å². The summed E-state index contributed by atoms with van der Waals surface area (Å²) in [6.07, 6.45) is 1.96. The van der Waals surface area contributed by atoms with E-state index in [2.05, 4.69) is 0 Å². The Morgan fingerprint density at radius 1 is 1.05 bits per heavy atom. The van der Waals surface area contributed by atoms with Gasteiger partial charge >= 0.3 is 0 Å². The number of ether oxygens (including phenoxy) is 1. The van der Waals surface area contributed by atoms with Crippen LogP contribution in [0.3, 0.4) is 0 Å². The van der Waals surface area contributed by atoms with Gasteiger partial charge in [-0.2, -0.15) is 0 Å². The Kier molecular flexibility index (Phi) is 3.18. The normalized spacial score (nSPS) is 15.6. The van der Waals surface area contributed by atoms with Crippen molar-refractivity contribution in [2.75, 3.05) is 0 Å². The molecule has 0 radical (unpaired) electrons. The second-order valence-electron chi connectivity index (χ2n) is 5.29. The highest BCUT2D eigenvalue weighted by Crippen LogP contribution is 2.48. The average molecular weight is 266 g/mol. The Hall–Kier alpha value is -2.29. The molecular weight excluding hydrogens is 248 g/mol. The SMILES string of the molecule is N=C(N)C1(c2ccc(OCc3ccccc3)cc2)CC1. The molecule has 0 aromatic heterocycles. The predicted octanol–water partition coefficient (Wildman–Crippen LogP) is 3.23. The molecule has 20 heavy (non-hydrogen) atoms. The maximum Gasteiger partial charge on any atom is 0.119 e. The molecule has 102 valence electrons. The predicted molar refractivity (Wildman–Crippen MR) is 80.0 cm³/mol. The van der Waals surface area contributed by atoms with Crippen LogP contribution in [-0.4, -0.2) is 5.84 Å². The maximum absolute atomic E-state index is 7.69. The topological polar surface area (TPSA) is 59.1 Å². The van der Waals surface area contributed by atoms with E-state index in [1.807, 2.05) is 54.6 Å². The van der Waals surface area contributed by atoms with Gasteiger partial charge in [-0.1, -0.05) is 42.5 Å². The first-order valence-electron chi connectivity index (χ1n) is 6.82. The van der Waals surface area contributed by atoms with Crippen LogP contribution in [0.5, 0.6) is 5.75 Å². The molecule has 3 N–H and O–H groups in total. The van der Waals surface area contributed by atoms with Crippen LogP contribution < -0.4 is 10.5 Å². The third-order valence-electron chi connectivity index (χ3n) is 3.92. The molecule has 0 atom stereocenters. The minimum absolute atomic E-state index is 0.196. The van der Waals surface area contributed by atoms with Crippen LogP contribution in [0, 0.1) is 5.41 Å². The molecular formula is C17H18N2O. The summed E-state index contributed by atoms with van der Waals surface area (Å²) in [7, 11) is 0. The zero-order valence-corrected chi connectivity index (χ0v) is 11.3. The van der Waals surface area contributed by atoms with Crippen LogP contribution in [0.25, 0.3) is 0 Å². The van der Waals surface area contributed by atoms with Crippen LogP contribution in [0.15, 0.2) is 54.6 Å². The molecule has 0 aliphatic heterocycles. The van der Waals surface area contributed by atoms with Gasteiger partial charge in [0.15, 0.2) is 0 Å². The smallest absolute Gasteiger partial charge is 0.119 e. The zero-order valence-electron chi connectivity index (χ0n) is 11.3. The fourth-order valence-electron chi connectivity index (χ4n) is 2.45. The third-order valence-corrected chi connectivity index (χ3v) is 3.92.